The van der Waals surface area contributed by atoms with E-state index >= 15 is 0 Å². The van der Waals surface area contributed by atoms with E-state index in [2.05, 4.69) is 5.32 Å². The Balaban J connectivity index is 2.12. The van der Waals surface area contributed by atoms with Crippen LogP contribution in [0.5, 0.6) is 5.75 Å². The highest BCUT2D eigenvalue weighted by atomic mass is 32.2. The lowest BCUT2D eigenvalue weighted by Crippen LogP contribution is -2.18. The predicted molar refractivity (Wildman–Crippen MR) is 98.6 cm³/mol. The topological polar surface area (TPSA) is 64.6 Å². The van der Waals surface area contributed by atoms with Gasteiger partial charge in [0.2, 0.25) is 0 Å². The maximum atomic E-state index is 11.8. The molecule has 1 fully saturated rings. The average Bonchev–Trinajstić information content (AvgIpc) is 2.90. The van der Waals surface area contributed by atoms with Gasteiger partial charge < -0.3 is 14.8 Å². The Morgan fingerprint density at radius 1 is 1.38 bits per heavy atom. The van der Waals surface area contributed by atoms with E-state index in [-0.39, 0.29) is 12.5 Å². The molecule has 1 aromatic rings. The summed E-state index contributed by atoms with van der Waals surface area (Å²) < 4.78 is 10.8. The van der Waals surface area contributed by atoms with Gasteiger partial charge in [-0.25, -0.2) is 4.79 Å². The summed E-state index contributed by atoms with van der Waals surface area (Å²) in [6.45, 7) is 3.76. The second kappa shape index (κ2) is 8.65. The fourth-order valence-corrected chi connectivity index (χ4v) is 3.00. The molecule has 5 nitrogen and oxygen atoms in total. The van der Waals surface area contributed by atoms with Gasteiger partial charge in [-0.15, -0.1) is 0 Å². The molecule has 2 rings (SSSR count). The second-order valence-corrected chi connectivity index (χ2v) is 6.51. The Morgan fingerprint density at radius 3 is 2.79 bits per heavy atom. The Labute approximate surface area is 150 Å². The zero-order valence-corrected chi connectivity index (χ0v) is 15.0. The van der Waals surface area contributed by atoms with Crippen molar-refractivity contribution in [3.8, 4) is 5.75 Å². The first-order valence-electron chi connectivity index (χ1n) is 7.30. The number of thiocarbonyl (C=S) groups is 1. The van der Waals surface area contributed by atoms with Crippen LogP contribution in [0.25, 0.3) is 6.08 Å². The van der Waals surface area contributed by atoms with Crippen LogP contribution < -0.4 is 10.1 Å². The van der Waals surface area contributed by atoms with Crippen LogP contribution in [0.1, 0.15) is 19.4 Å². The molecule has 0 radical (unpaired) electrons. The normalized spacial score (nSPS) is 16.2. The average molecular weight is 363 g/mol. The Hall–Kier alpha value is -2.12. The summed E-state index contributed by atoms with van der Waals surface area (Å²) in [6, 6.07) is 7.32. The molecule has 1 aliphatic rings. The fraction of sp³-hybridized carbons (Fsp3) is 0.235. The summed E-state index contributed by atoms with van der Waals surface area (Å²) >= 11 is 6.23. The van der Waals surface area contributed by atoms with Gasteiger partial charge in [-0.3, -0.25) is 4.79 Å². The SMILES string of the molecule is CCOC(=O)COc1ccccc1C=CC(C)=C1SC(=S)NC1=O. The number of hydrogen-bond acceptors (Lipinski definition) is 6. The van der Waals surface area contributed by atoms with Crippen LogP contribution in [0.3, 0.4) is 0 Å². The van der Waals surface area contributed by atoms with Crippen LogP contribution in [-0.2, 0) is 14.3 Å². The Morgan fingerprint density at radius 2 is 2.12 bits per heavy atom. The number of rotatable bonds is 6. The summed E-state index contributed by atoms with van der Waals surface area (Å²) in [7, 11) is 0. The number of ether oxygens (including phenoxy) is 2. The third kappa shape index (κ3) is 4.94. The van der Waals surface area contributed by atoms with Crippen LogP contribution in [0, 0.1) is 0 Å². The molecule has 0 unspecified atom stereocenters. The van der Waals surface area contributed by atoms with E-state index in [0.29, 0.717) is 21.6 Å². The molecule has 1 amide bonds. The maximum absolute atomic E-state index is 11.8. The third-order valence-corrected chi connectivity index (χ3v) is 4.41. The number of allylic oxidation sites excluding steroid dienone is 2. The first-order chi connectivity index (χ1) is 11.5. The molecule has 0 aliphatic carbocycles. The minimum absolute atomic E-state index is 0.148. The van der Waals surface area contributed by atoms with E-state index in [4.69, 9.17) is 21.7 Å². The van der Waals surface area contributed by atoms with Gasteiger partial charge >= 0.3 is 5.97 Å². The molecular formula is C17H17NO4S2. The Bertz CT molecular complexity index is 725. The molecule has 126 valence electrons. The minimum atomic E-state index is -0.415. The number of carbonyl (C=O) groups is 2. The highest BCUT2D eigenvalue weighted by Crippen LogP contribution is 2.28. The number of benzene rings is 1. The lowest BCUT2D eigenvalue weighted by molar-refractivity contribution is -0.145. The first-order valence-corrected chi connectivity index (χ1v) is 8.53. The first kappa shape index (κ1) is 18.2. The van der Waals surface area contributed by atoms with Crippen molar-refractivity contribution in [3.05, 3.63) is 46.4 Å². The molecule has 1 aromatic carbocycles. The van der Waals surface area contributed by atoms with Crippen LogP contribution in [0.4, 0.5) is 0 Å². The highest BCUT2D eigenvalue weighted by molar-refractivity contribution is 8.26. The minimum Gasteiger partial charge on any atom is -0.481 e. The van der Waals surface area contributed by atoms with E-state index in [1.807, 2.05) is 37.3 Å². The molecule has 0 aromatic heterocycles. The van der Waals surface area contributed by atoms with Gasteiger partial charge in [0.15, 0.2) is 6.61 Å². The quantitative estimate of drug-likeness (QED) is 0.476. The number of carbonyl (C=O) groups excluding carboxylic acids is 2. The van der Waals surface area contributed by atoms with Crippen LogP contribution >= 0.6 is 24.0 Å². The molecule has 0 bridgehead atoms. The predicted octanol–water partition coefficient (Wildman–Crippen LogP) is 3.06. The van der Waals surface area contributed by atoms with Crippen molar-refractivity contribution in [1.29, 1.82) is 0 Å². The van der Waals surface area contributed by atoms with Crippen molar-refractivity contribution in [2.24, 2.45) is 0 Å². The number of para-hydroxylation sites is 1. The summed E-state index contributed by atoms with van der Waals surface area (Å²) in [6.07, 6.45) is 3.65. The number of thioether (sulfide) groups is 1. The van der Waals surface area contributed by atoms with Crippen molar-refractivity contribution in [3.63, 3.8) is 0 Å². The zero-order valence-electron chi connectivity index (χ0n) is 13.3. The summed E-state index contributed by atoms with van der Waals surface area (Å²) in [4.78, 5) is 23.7. The van der Waals surface area contributed by atoms with Crippen LogP contribution in [0.15, 0.2) is 40.8 Å². The number of nitrogens with one attached hydrogen (secondary N) is 1. The van der Waals surface area contributed by atoms with E-state index < -0.39 is 5.97 Å². The highest BCUT2D eigenvalue weighted by Gasteiger charge is 2.23. The van der Waals surface area contributed by atoms with Gasteiger partial charge in [0.1, 0.15) is 10.1 Å². The van der Waals surface area contributed by atoms with Crippen LogP contribution in [0.2, 0.25) is 0 Å². The van der Waals surface area contributed by atoms with E-state index in [1.165, 1.54) is 11.8 Å². The molecule has 0 saturated carbocycles. The van der Waals surface area contributed by atoms with Crippen molar-refractivity contribution in [2.45, 2.75) is 13.8 Å². The van der Waals surface area contributed by atoms with Crippen molar-refractivity contribution >= 4 is 46.3 Å². The van der Waals surface area contributed by atoms with Gasteiger partial charge in [-0.05, 0) is 25.5 Å². The molecular weight excluding hydrogens is 346 g/mol. The number of esters is 1. The fourth-order valence-electron chi connectivity index (χ4n) is 1.95. The molecule has 1 saturated heterocycles. The van der Waals surface area contributed by atoms with Gasteiger partial charge in [0, 0.05) is 5.56 Å². The van der Waals surface area contributed by atoms with Gasteiger partial charge in [-0.1, -0.05) is 54.3 Å². The number of hydrogen-bond donors (Lipinski definition) is 1. The zero-order chi connectivity index (χ0) is 17.5. The van der Waals surface area contributed by atoms with Crippen molar-refractivity contribution in [1.82, 2.24) is 5.32 Å². The van der Waals surface area contributed by atoms with Crippen LogP contribution in [-0.4, -0.2) is 29.4 Å². The monoisotopic (exact) mass is 363 g/mol. The molecule has 0 atom stereocenters. The summed E-state index contributed by atoms with van der Waals surface area (Å²) in [5.41, 5.74) is 1.60. The lowest BCUT2D eigenvalue weighted by atomic mass is 10.1. The smallest absolute Gasteiger partial charge is 0.344 e. The van der Waals surface area contributed by atoms with E-state index in [0.717, 1.165) is 11.1 Å². The van der Waals surface area contributed by atoms with Crippen molar-refractivity contribution in [2.75, 3.05) is 13.2 Å². The second-order valence-electron chi connectivity index (χ2n) is 4.82. The molecule has 1 aliphatic heterocycles. The van der Waals surface area contributed by atoms with E-state index in [1.54, 1.807) is 13.0 Å². The third-order valence-electron chi connectivity index (χ3n) is 3.06. The van der Waals surface area contributed by atoms with Gasteiger partial charge in [-0.2, -0.15) is 0 Å². The molecule has 7 heteroatoms. The Kier molecular flexibility index (Phi) is 6.57. The molecule has 0 spiro atoms. The molecule has 1 heterocycles. The largest absolute Gasteiger partial charge is 0.481 e. The maximum Gasteiger partial charge on any atom is 0.344 e. The number of amides is 1. The molecule has 1 N–H and O–H groups in total. The standard InChI is InChI=1S/C17H17NO4S2/c1-3-21-14(19)10-22-13-7-5-4-6-12(13)9-8-11(2)15-16(20)18-17(23)24-15/h4-9H,3,10H2,1-2H3,(H,18,20,23). The summed E-state index contributed by atoms with van der Waals surface area (Å²) in [5, 5.41) is 2.59. The van der Waals surface area contributed by atoms with E-state index in [9.17, 15) is 9.59 Å². The summed E-state index contributed by atoms with van der Waals surface area (Å²) in [5.74, 6) is -0.0280. The van der Waals surface area contributed by atoms with Gasteiger partial charge in [0.05, 0.1) is 11.5 Å². The van der Waals surface area contributed by atoms with Crippen molar-refractivity contribution < 1.29 is 19.1 Å². The van der Waals surface area contributed by atoms with Gasteiger partial charge in [0.25, 0.3) is 5.91 Å². The lowest BCUT2D eigenvalue weighted by Gasteiger charge is -2.08. The molecule has 24 heavy (non-hydrogen) atoms.